The van der Waals surface area contributed by atoms with E-state index in [1.807, 2.05) is 6.92 Å². The molecule has 0 bridgehead atoms. The fraction of sp³-hybridized carbons (Fsp3) is 0.385. The van der Waals surface area contributed by atoms with Crippen LogP contribution in [0.15, 0.2) is 24.3 Å². The molecule has 0 spiro atoms. The number of benzene rings is 1. The molecule has 0 fully saturated rings. The molecule has 98 valence electrons. The lowest BCUT2D eigenvalue weighted by Gasteiger charge is -2.07. The molecule has 1 rings (SSSR count). The number of ether oxygens (including phenoxy) is 1. The zero-order valence-corrected chi connectivity index (χ0v) is 10.2. The van der Waals surface area contributed by atoms with E-state index in [0.29, 0.717) is 6.61 Å². The van der Waals surface area contributed by atoms with E-state index in [9.17, 15) is 9.59 Å². The molecule has 18 heavy (non-hydrogen) atoms. The van der Waals surface area contributed by atoms with Gasteiger partial charge in [-0.05, 0) is 18.6 Å². The van der Waals surface area contributed by atoms with E-state index in [1.165, 1.54) is 12.1 Å². The van der Waals surface area contributed by atoms with Crippen LogP contribution in [0.25, 0.3) is 0 Å². The Hall–Kier alpha value is -1.88. The van der Waals surface area contributed by atoms with Crippen LogP contribution in [-0.2, 0) is 9.62 Å². The molecule has 0 amide bonds. The quantitative estimate of drug-likeness (QED) is 0.364. The van der Waals surface area contributed by atoms with Crippen LogP contribution in [0.5, 0.6) is 0 Å². The van der Waals surface area contributed by atoms with Crippen LogP contribution in [-0.4, -0.2) is 23.8 Å². The summed E-state index contributed by atoms with van der Waals surface area (Å²) in [5.41, 5.74) is 0.0774. The fourth-order valence-corrected chi connectivity index (χ4v) is 1.48. The van der Waals surface area contributed by atoms with Gasteiger partial charge >= 0.3 is 11.9 Å². The Balaban J connectivity index is 2.70. The minimum Gasteiger partial charge on any atom is -0.462 e. The summed E-state index contributed by atoms with van der Waals surface area (Å²) in [6, 6.07) is 6.02. The standard InChI is InChI=1S/C13H16O5/c1-2-3-6-9-17-12(14)10-7-4-5-8-11(10)13(15)18-16/h4-5,7-8,16H,2-3,6,9H2,1H3. The van der Waals surface area contributed by atoms with Gasteiger partial charge in [-0.25, -0.2) is 9.59 Å². The first-order valence-corrected chi connectivity index (χ1v) is 5.82. The zero-order chi connectivity index (χ0) is 13.4. The van der Waals surface area contributed by atoms with Crippen LogP contribution in [0.1, 0.15) is 46.9 Å². The molecule has 1 aromatic rings. The molecule has 0 saturated heterocycles. The van der Waals surface area contributed by atoms with Gasteiger partial charge in [-0.1, -0.05) is 31.9 Å². The van der Waals surface area contributed by atoms with E-state index in [0.717, 1.165) is 19.3 Å². The van der Waals surface area contributed by atoms with E-state index < -0.39 is 11.9 Å². The van der Waals surface area contributed by atoms with Crippen molar-refractivity contribution in [2.45, 2.75) is 26.2 Å². The fourth-order valence-electron chi connectivity index (χ4n) is 1.48. The number of hydrogen-bond acceptors (Lipinski definition) is 5. The second kappa shape index (κ2) is 7.45. The summed E-state index contributed by atoms with van der Waals surface area (Å²) in [6.45, 7) is 2.36. The highest BCUT2D eigenvalue weighted by Crippen LogP contribution is 2.12. The Bertz CT molecular complexity index is 414. The van der Waals surface area contributed by atoms with Gasteiger partial charge < -0.3 is 4.74 Å². The number of hydrogen-bond donors (Lipinski definition) is 1. The summed E-state index contributed by atoms with van der Waals surface area (Å²) in [5, 5.41) is 8.34. The second-order valence-electron chi connectivity index (χ2n) is 3.77. The van der Waals surface area contributed by atoms with Crippen molar-refractivity contribution in [1.82, 2.24) is 0 Å². The van der Waals surface area contributed by atoms with Gasteiger partial charge in [0.05, 0.1) is 17.7 Å². The molecule has 0 aromatic heterocycles. The molecule has 0 saturated carbocycles. The third-order valence-electron chi connectivity index (χ3n) is 2.43. The van der Waals surface area contributed by atoms with Crippen molar-refractivity contribution >= 4 is 11.9 Å². The highest BCUT2D eigenvalue weighted by molar-refractivity contribution is 6.02. The maximum absolute atomic E-state index is 11.7. The molecule has 0 aliphatic carbocycles. The lowest BCUT2D eigenvalue weighted by Crippen LogP contribution is -2.13. The molecule has 0 aliphatic rings. The molecular formula is C13H16O5. The van der Waals surface area contributed by atoms with E-state index >= 15 is 0 Å². The van der Waals surface area contributed by atoms with Crippen molar-refractivity contribution in [3.63, 3.8) is 0 Å². The average Bonchev–Trinajstić information content (AvgIpc) is 2.42. The average molecular weight is 252 g/mol. The van der Waals surface area contributed by atoms with Gasteiger partial charge in [0, 0.05) is 0 Å². The Morgan fingerprint density at radius 1 is 1.11 bits per heavy atom. The van der Waals surface area contributed by atoms with Crippen molar-refractivity contribution in [3.05, 3.63) is 35.4 Å². The first-order valence-electron chi connectivity index (χ1n) is 5.82. The van der Waals surface area contributed by atoms with E-state index in [1.54, 1.807) is 12.1 Å². The number of rotatable bonds is 6. The summed E-state index contributed by atoms with van der Waals surface area (Å²) in [7, 11) is 0. The summed E-state index contributed by atoms with van der Waals surface area (Å²) in [4.78, 5) is 26.6. The maximum Gasteiger partial charge on any atom is 0.373 e. The first kappa shape index (κ1) is 14.2. The van der Waals surface area contributed by atoms with Crippen molar-refractivity contribution in [3.8, 4) is 0 Å². The van der Waals surface area contributed by atoms with E-state index in [4.69, 9.17) is 9.99 Å². The van der Waals surface area contributed by atoms with Crippen LogP contribution in [0.4, 0.5) is 0 Å². The number of carbonyl (C=O) groups excluding carboxylic acids is 2. The largest absolute Gasteiger partial charge is 0.462 e. The predicted octanol–water partition coefficient (Wildman–Crippen LogP) is 2.66. The van der Waals surface area contributed by atoms with Crippen molar-refractivity contribution in [2.24, 2.45) is 0 Å². The minimum atomic E-state index is -0.976. The number of carbonyl (C=O) groups is 2. The Morgan fingerprint density at radius 3 is 2.28 bits per heavy atom. The maximum atomic E-state index is 11.7. The topological polar surface area (TPSA) is 72.8 Å². The number of unbranched alkanes of at least 4 members (excludes halogenated alkanes) is 2. The van der Waals surface area contributed by atoms with Gasteiger partial charge in [-0.2, -0.15) is 5.26 Å². The first-order chi connectivity index (χ1) is 8.70. The van der Waals surface area contributed by atoms with Gasteiger partial charge in [0.2, 0.25) is 0 Å². The lowest BCUT2D eigenvalue weighted by molar-refractivity contribution is -0.182. The van der Waals surface area contributed by atoms with Crippen LogP contribution in [0.3, 0.4) is 0 Å². The molecule has 1 aromatic carbocycles. The molecule has 0 radical (unpaired) electrons. The van der Waals surface area contributed by atoms with Crippen LogP contribution in [0, 0.1) is 0 Å². The van der Waals surface area contributed by atoms with Crippen LogP contribution < -0.4 is 0 Å². The summed E-state index contributed by atoms with van der Waals surface area (Å²) >= 11 is 0. The predicted molar refractivity (Wildman–Crippen MR) is 64.3 cm³/mol. The molecule has 0 heterocycles. The zero-order valence-electron chi connectivity index (χ0n) is 10.2. The minimum absolute atomic E-state index is 0.0134. The molecule has 1 N–H and O–H groups in total. The third-order valence-corrected chi connectivity index (χ3v) is 2.43. The molecule has 0 atom stereocenters. The molecule has 0 aliphatic heterocycles. The lowest BCUT2D eigenvalue weighted by atomic mass is 10.1. The van der Waals surface area contributed by atoms with E-state index in [2.05, 4.69) is 4.89 Å². The Morgan fingerprint density at radius 2 is 1.72 bits per heavy atom. The van der Waals surface area contributed by atoms with Gasteiger partial charge in [0.15, 0.2) is 0 Å². The van der Waals surface area contributed by atoms with Gasteiger partial charge in [-0.15, -0.1) is 0 Å². The smallest absolute Gasteiger partial charge is 0.373 e. The number of esters is 1. The van der Waals surface area contributed by atoms with Crippen LogP contribution in [0.2, 0.25) is 0 Å². The summed E-state index contributed by atoms with van der Waals surface area (Å²) in [5.74, 6) is -1.57. The van der Waals surface area contributed by atoms with Crippen molar-refractivity contribution in [2.75, 3.05) is 6.61 Å². The SMILES string of the molecule is CCCCCOC(=O)c1ccccc1C(=O)OO. The molecule has 5 heteroatoms. The van der Waals surface area contributed by atoms with Gasteiger partial charge in [-0.3, -0.25) is 4.89 Å². The third kappa shape index (κ3) is 3.85. The summed E-state index contributed by atoms with van der Waals surface area (Å²) < 4.78 is 5.04. The van der Waals surface area contributed by atoms with Gasteiger partial charge in [0.25, 0.3) is 0 Å². The molecule has 5 nitrogen and oxygen atoms in total. The second-order valence-corrected chi connectivity index (χ2v) is 3.77. The van der Waals surface area contributed by atoms with E-state index in [-0.39, 0.29) is 11.1 Å². The summed E-state index contributed by atoms with van der Waals surface area (Å²) in [6.07, 6.45) is 2.80. The molecular weight excluding hydrogens is 236 g/mol. The van der Waals surface area contributed by atoms with Crippen molar-refractivity contribution in [1.29, 1.82) is 0 Å². The van der Waals surface area contributed by atoms with Crippen molar-refractivity contribution < 1.29 is 24.5 Å². The molecule has 0 unspecified atom stereocenters. The monoisotopic (exact) mass is 252 g/mol. The van der Waals surface area contributed by atoms with Crippen LogP contribution >= 0.6 is 0 Å². The van der Waals surface area contributed by atoms with Gasteiger partial charge in [0.1, 0.15) is 0 Å². The normalized spacial score (nSPS) is 9.89. The highest BCUT2D eigenvalue weighted by Gasteiger charge is 2.18. The highest BCUT2D eigenvalue weighted by atomic mass is 17.1. The Labute approximate surface area is 105 Å². The Kier molecular flexibility index (Phi) is 5.87.